The maximum absolute atomic E-state index is 12.3. The van der Waals surface area contributed by atoms with Gasteiger partial charge in [-0.15, -0.1) is 10.2 Å². The number of ether oxygens (including phenoxy) is 1. The summed E-state index contributed by atoms with van der Waals surface area (Å²) in [5, 5.41) is 13.0. The number of rotatable bonds is 6. The van der Waals surface area contributed by atoms with Gasteiger partial charge in [0, 0.05) is 40.3 Å². The van der Waals surface area contributed by atoms with E-state index in [0.29, 0.717) is 23.1 Å². The summed E-state index contributed by atoms with van der Waals surface area (Å²) >= 11 is 5.87. The molecule has 2 aromatic heterocycles. The second-order valence-electron chi connectivity index (χ2n) is 6.26. The van der Waals surface area contributed by atoms with Crippen LogP contribution in [0.3, 0.4) is 0 Å². The molecular formula is C20H18ClN5O2. The van der Waals surface area contributed by atoms with Crippen LogP contribution in [0.2, 0.25) is 5.02 Å². The summed E-state index contributed by atoms with van der Waals surface area (Å²) in [6.07, 6.45) is 2.73. The molecule has 0 atom stereocenters. The van der Waals surface area contributed by atoms with E-state index < -0.39 is 0 Å². The van der Waals surface area contributed by atoms with Crippen molar-refractivity contribution >= 4 is 28.5 Å². The average molecular weight is 396 g/mol. The lowest BCUT2D eigenvalue weighted by molar-refractivity contribution is 0.415. The number of hydrogen-bond donors (Lipinski definition) is 3. The third kappa shape index (κ3) is 3.70. The number of fused-ring (bicyclic) bond motifs is 1. The Morgan fingerprint density at radius 2 is 1.96 bits per heavy atom. The second kappa shape index (κ2) is 7.74. The van der Waals surface area contributed by atoms with Crippen LogP contribution in [-0.4, -0.2) is 33.8 Å². The predicted molar refractivity (Wildman–Crippen MR) is 110 cm³/mol. The zero-order chi connectivity index (χ0) is 19.5. The fraction of sp³-hybridized carbons (Fsp3) is 0.150. The molecule has 3 N–H and O–H groups in total. The second-order valence-corrected chi connectivity index (χ2v) is 6.70. The Kier molecular flexibility index (Phi) is 4.99. The van der Waals surface area contributed by atoms with E-state index >= 15 is 0 Å². The first-order valence-electron chi connectivity index (χ1n) is 8.75. The van der Waals surface area contributed by atoms with Crippen molar-refractivity contribution < 1.29 is 4.74 Å². The van der Waals surface area contributed by atoms with Crippen LogP contribution in [0.1, 0.15) is 5.56 Å². The van der Waals surface area contributed by atoms with Crippen molar-refractivity contribution in [2.45, 2.75) is 6.42 Å². The number of aromatic amines is 2. The maximum Gasteiger partial charge on any atom is 0.279 e. The minimum absolute atomic E-state index is 0.257. The molecule has 0 aliphatic rings. The average Bonchev–Trinajstić information content (AvgIpc) is 3.11. The largest absolute Gasteiger partial charge is 0.497 e. The normalized spacial score (nSPS) is 10.9. The fourth-order valence-electron chi connectivity index (χ4n) is 3.03. The van der Waals surface area contributed by atoms with Crippen molar-refractivity contribution in [3.05, 3.63) is 69.6 Å². The lowest BCUT2D eigenvalue weighted by Crippen LogP contribution is -2.18. The molecule has 0 fully saturated rings. The van der Waals surface area contributed by atoms with Crippen LogP contribution < -0.4 is 15.6 Å². The van der Waals surface area contributed by atoms with Crippen LogP contribution in [0.25, 0.3) is 22.2 Å². The van der Waals surface area contributed by atoms with Gasteiger partial charge >= 0.3 is 0 Å². The quantitative estimate of drug-likeness (QED) is 0.463. The summed E-state index contributed by atoms with van der Waals surface area (Å²) in [5.74, 6) is 1.15. The molecule has 0 unspecified atom stereocenters. The summed E-state index contributed by atoms with van der Waals surface area (Å²) in [6.45, 7) is 0.601. The molecule has 8 heteroatoms. The summed E-state index contributed by atoms with van der Waals surface area (Å²) in [7, 11) is 1.65. The van der Waals surface area contributed by atoms with Gasteiger partial charge in [-0.25, -0.2) is 0 Å². The van der Waals surface area contributed by atoms with Crippen LogP contribution in [-0.2, 0) is 6.42 Å². The summed E-state index contributed by atoms with van der Waals surface area (Å²) < 4.78 is 5.24. The number of benzene rings is 2. The molecule has 0 spiro atoms. The Morgan fingerprint density at radius 1 is 1.14 bits per heavy atom. The van der Waals surface area contributed by atoms with Crippen molar-refractivity contribution in [3.8, 4) is 17.0 Å². The Hall–Kier alpha value is -3.32. The number of aromatic nitrogens is 4. The van der Waals surface area contributed by atoms with Gasteiger partial charge in [0.2, 0.25) is 5.95 Å². The topological polar surface area (TPSA) is 95.7 Å². The molecule has 0 aliphatic carbocycles. The van der Waals surface area contributed by atoms with Crippen molar-refractivity contribution in [2.75, 3.05) is 19.0 Å². The number of nitrogens with one attached hydrogen (secondary N) is 3. The van der Waals surface area contributed by atoms with Gasteiger partial charge in [-0.3, -0.25) is 9.78 Å². The fourth-order valence-corrected chi connectivity index (χ4v) is 3.15. The first kappa shape index (κ1) is 18.1. The van der Waals surface area contributed by atoms with Crippen LogP contribution in [0.5, 0.6) is 5.75 Å². The predicted octanol–water partition coefficient (Wildman–Crippen LogP) is 3.63. The van der Waals surface area contributed by atoms with Crippen molar-refractivity contribution in [3.63, 3.8) is 0 Å². The van der Waals surface area contributed by atoms with Crippen molar-refractivity contribution in [1.82, 2.24) is 20.2 Å². The van der Waals surface area contributed by atoms with Gasteiger partial charge < -0.3 is 15.0 Å². The van der Waals surface area contributed by atoms with E-state index in [1.807, 2.05) is 24.4 Å². The number of hydrogen-bond acceptors (Lipinski definition) is 5. The van der Waals surface area contributed by atoms with Crippen LogP contribution in [0.4, 0.5) is 5.95 Å². The highest BCUT2D eigenvalue weighted by Crippen LogP contribution is 2.23. The zero-order valence-corrected chi connectivity index (χ0v) is 15.9. The Morgan fingerprint density at radius 3 is 2.71 bits per heavy atom. The third-order valence-electron chi connectivity index (χ3n) is 4.48. The highest BCUT2D eigenvalue weighted by atomic mass is 35.5. The number of halogens is 1. The first-order valence-corrected chi connectivity index (χ1v) is 9.12. The van der Waals surface area contributed by atoms with Gasteiger partial charge in [-0.2, -0.15) is 0 Å². The smallest absolute Gasteiger partial charge is 0.279 e. The van der Waals surface area contributed by atoms with E-state index in [2.05, 4.69) is 25.5 Å². The van der Waals surface area contributed by atoms with E-state index in [1.54, 1.807) is 31.4 Å². The molecule has 0 saturated carbocycles. The Balaban J connectivity index is 1.43. The summed E-state index contributed by atoms with van der Waals surface area (Å²) in [6, 6.07) is 12.8. The van der Waals surface area contributed by atoms with Gasteiger partial charge in [0.05, 0.1) is 7.11 Å². The SMILES string of the molecule is COc1ccc2c(CCNc3nnc(-c4ccc(Cl)cc4)c(=O)[nH]3)c[nH]c2c1. The summed E-state index contributed by atoms with van der Waals surface area (Å²) in [5.41, 5.74) is 2.80. The molecule has 0 aliphatic heterocycles. The number of anilines is 1. The molecule has 4 aromatic rings. The van der Waals surface area contributed by atoms with E-state index in [-0.39, 0.29) is 11.3 Å². The molecule has 0 bridgehead atoms. The molecule has 0 amide bonds. The lowest BCUT2D eigenvalue weighted by Gasteiger charge is -2.06. The number of H-pyrrole nitrogens is 2. The Bertz CT molecular complexity index is 1170. The molecule has 7 nitrogen and oxygen atoms in total. The monoisotopic (exact) mass is 395 g/mol. The van der Waals surface area contributed by atoms with Crippen molar-refractivity contribution in [2.24, 2.45) is 0 Å². The van der Waals surface area contributed by atoms with E-state index in [1.165, 1.54) is 5.56 Å². The molecule has 28 heavy (non-hydrogen) atoms. The minimum Gasteiger partial charge on any atom is -0.497 e. The molecule has 2 heterocycles. The third-order valence-corrected chi connectivity index (χ3v) is 4.73. The molecular weight excluding hydrogens is 378 g/mol. The summed E-state index contributed by atoms with van der Waals surface area (Å²) in [4.78, 5) is 18.3. The van der Waals surface area contributed by atoms with Gasteiger partial charge in [-0.05, 0) is 36.2 Å². The lowest BCUT2D eigenvalue weighted by atomic mass is 10.1. The van der Waals surface area contributed by atoms with E-state index in [4.69, 9.17) is 16.3 Å². The molecule has 2 aromatic carbocycles. The molecule has 4 rings (SSSR count). The Labute approximate surface area is 165 Å². The van der Waals surface area contributed by atoms with Gasteiger partial charge in [0.1, 0.15) is 5.75 Å². The standard InChI is InChI=1S/C20H18ClN5O2/c1-28-15-6-7-16-13(11-23-17(16)10-15)8-9-22-20-24-19(27)18(25-26-20)12-2-4-14(21)5-3-12/h2-7,10-11,23H,8-9H2,1H3,(H2,22,24,26,27). The number of nitrogens with zero attached hydrogens (tertiary/aromatic N) is 2. The molecule has 0 radical (unpaired) electrons. The zero-order valence-electron chi connectivity index (χ0n) is 15.1. The van der Waals surface area contributed by atoms with Gasteiger partial charge in [0.25, 0.3) is 5.56 Å². The highest BCUT2D eigenvalue weighted by molar-refractivity contribution is 6.30. The van der Waals surface area contributed by atoms with Gasteiger partial charge in [0.15, 0.2) is 5.69 Å². The molecule has 142 valence electrons. The van der Waals surface area contributed by atoms with E-state index in [0.717, 1.165) is 23.1 Å². The first-order chi connectivity index (χ1) is 13.6. The van der Waals surface area contributed by atoms with Gasteiger partial charge in [-0.1, -0.05) is 23.7 Å². The van der Waals surface area contributed by atoms with E-state index in [9.17, 15) is 4.79 Å². The van der Waals surface area contributed by atoms with Crippen LogP contribution in [0.15, 0.2) is 53.5 Å². The highest BCUT2D eigenvalue weighted by Gasteiger charge is 2.08. The van der Waals surface area contributed by atoms with Crippen molar-refractivity contribution in [1.29, 1.82) is 0 Å². The molecule has 0 saturated heterocycles. The minimum atomic E-state index is -0.306. The van der Waals surface area contributed by atoms with Crippen LogP contribution in [0, 0.1) is 0 Å². The maximum atomic E-state index is 12.3. The van der Waals surface area contributed by atoms with Crippen LogP contribution >= 0.6 is 11.6 Å². The number of methoxy groups -OCH3 is 1.